The Hall–Kier alpha value is -0.780. The fourth-order valence-corrected chi connectivity index (χ4v) is 2.74. The van der Waals surface area contributed by atoms with Gasteiger partial charge in [0.2, 0.25) is 0 Å². The van der Waals surface area contributed by atoms with Crippen molar-refractivity contribution in [3.8, 4) is 0 Å². The molecule has 0 saturated carbocycles. The minimum absolute atomic E-state index is 0.681. The van der Waals surface area contributed by atoms with Crippen LogP contribution < -0.4 is 0 Å². The summed E-state index contributed by atoms with van der Waals surface area (Å²) in [4.78, 5) is 0. The molecule has 0 radical (unpaired) electrons. The Bertz CT molecular complexity index is 306. The van der Waals surface area contributed by atoms with Crippen molar-refractivity contribution in [2.45, 2.75) is 79.6 Å². The van der Waals surface area contributed by atoms with E-state index in [0.29, 0.717) is 5.92 Å². The predicted octanol–water partition coefficient (Wildman–Crippen LogP) is 7.09. The number of rotatable bonds is 11. The minimum Gasteiger partial charge on any atom is -0.103 e. The highest BCUT2D eigenvalue weighted by Crippen LogP contribution is 2.22. The average Bonchev–Trinajstić information content (AvgIpc) is 2.41. The second-order valence-electron chi connectivity index (χ2n) is 6.34. The van der Waals surface area contributed by atoms with Crippen LogP contribution in [0.5, 0.6) is 0 Å². The zero-order chi connectivity index (χ0) is 15.4. The van der Waals surface area contributed by atoms with Crippen LogP contribution in [0.15, 0.2) is 36.0 Å². The van der Waals surface area contributed by atoms with E-state index < -0.39 is 0 Å². The van der Waals surface area contributed by atoms with Crippen LogP contribution in [0.4, 0.5) is 0 Å². The van der Waals surface area contributed by atoms with E-state index in [4.69, 9.17) is 0 Å². The molecule has 0 aliphatic carbocycles. The van der Waals surface area contributed by atoms with Gasteiger partial charge in [-0.2, -0.15) is 0 Å². The Labute approximate surface area is 128 Å². The van der Waals surface area contributed by atoms with Crippen molar-refractivity contribution in [2.75, 3.05) is 0 Å². The second kappa shape index (κ2) is 12.0. The zero-order valence-electron chi connectivity index (χ0n) is 14.5. The molecule has 0 amide bonds. The summed E-state index contributed by atoms with van der Waals surface area (Å²) in [6.07, 6.45) is 15.7. The highest BCUT2D eigenvalue weighted by atomic mass is 14.1. The van der Waals surface area contributed by atoms with Gasteiger partial charge >= 0.3 is 0 Å². The number of hydrogen-bond donors (Lipinski definition) is 0. The molecule has 0 nitrogen and oxygen atoms in total. The Morgan fingerprint density at radius 1 is 1.05 bits per heavy atom. The van der Waals surface area contributed by atoms with Gasteiger partial charge in [0.15, 0.2) is 0 Å². The topological polar surface area (TPSA) is 0 Å². The van der Waals surface area contributed by atoms with Crippen molar-refractivity contribution in [1.29, 1.82) is 0 Å². The molecule has 0 aromatic heterocycles. The molecule has 0 saturated heterocycles. The Balaban J connectivity index is 4.37. The molecule has 0 bridgehead atoms. The van der Waals surface area contributed by atoms with E-state index >= 15 is 0 Å². The largest absolute Gasteiger partial charge is 0.103 e. The maximum atomic E-state index is 3.80. The average molecular weight is 277 g/mol. The van der Waals surface area contributed by atoms with Crippen LogP contribution >= 0.6 is 0 Å². The van der Waals surface area contributed by atoms with Crippen molar-refractivity contribution < 1.29 is 0 Å². The van der Waals surface area contributed by atoms with Crippen molar-refractivity contribution in [2.24, 2.45) is 11.8 Å². The van der Waals surface area contributed by atoms with Crippen LogP contribution in [-0.4, -0.2) is 0 Å². The van der Waals surface area contributed by atoms with E-state index in [1.54, 1.807) is 5.57 Å². The predicted molar refractivity (Wildman–Crippen MR) is 94.0 cm³/mol. The van der Waals surface area contributed by atoms with Crippen LogP contribution in [0.1, 0.15) is 79.6 Å². The first-order valence-electron chi connectivity index (χ1n) is 8.48. The third-order valence-corrected chi connectivity index (χ3v) is 3.96. The molecule has 0 aliphatic rings. The van der Waals surface area contributed by atoms with Gasteiger partial charge in [0, 0.05) is 0 Å². The highest BCUT2D eigenvalue weighted by molar-refractivity contribution is 5.05. The smallest absolute Gasteiger partial charge is 0.0228 e. The van der Waals surface area contributed by atoms with Crippen molar-refractivity contribution >= 4 is 0 Å². The van der Waals surface area contributed by atoms with Gasteiger partial charge in [-0.05, 0) is 64.2 Å². The molecule has 0 fully saturated rings. The number of unbranched alkanes of at least 4 members (excludes halogenated alkanes) is 1. The van der Waals surface area contributed by atoms with Gasteiger partial charge in [-0.25, -0.2) is 0 Å². The molecule has 116 valence electrons. The summed E-state index contributed by atoms with van der Waals surface area (Å²) in [5.74, 6) is 1.42. The monoisotopic (exact) mass is 276 g/mol. The molecule has 0 aromatic carbocycles. The van der Waals surface area contributed by atoms with Crippen molar-refractivity contribution in [3.05, 3.63) is 36.0 Å². The summed E-state index contributed by atoms with van der Waals surface area (Å²) >= 11 is 0. The van der Waals surface area contributed by atoms with Crippen LogP contribution in [0.25, 0.3) is 0 Å². The molecular weight excluding hydrogens is 240 g/mol. The van der Waals surface area contributed by atoms with Gasteiger partial charge in [-0.3, -0.25) is 0 Å². The van der Waals surface area contributed by atoms with Gasteiger partial charge in [0.05, 0.1) is 0 Å². The van der Waals surface area contributed by atoms with E-state index in [0.717, 1.165) is 18.8 Å². The number of allylic oxidation sites excluding steroid dienone is 5. The van der Waals surface area contributed by atoms with E-state index in [2.05, 4.69) is 53.3 Å². The highest BCUT2D eigenvalue weighted by Gasteiger charge is 2.08. The minimum atomic E-state index is 0.681. The van der Waals surface area contributed by atoms with E-state index in [9.17, 15) is 0 Å². The lowest BCUT2D eigenvalue weighted by Gasteiger charge is -2.16. The third-order valence-electron chi connectivity index (χ3n) is 3.96. The number of hydrogen-bond acceptors (Lipinski definition) is 0. The van der Waals surface area contributed by atoms with Crippen molar-refractivity contribution in [1.82, 2.24) is 0 Å². The summed E-state index contributed by atoms with van der Waals surface area (Å²) in [5.41, 5.74) is 3.09. The Kier molecular flexibility index (Phi) is 11.5. The Morgan fingerprint density at radius 2 is 1.70 bits per heavy atom. The fraction of sp³-hybridized carbons (Fsp3) is 0.700. The maximum Gasteiger partial charge on any atom is -0.0228 e. The van der Waals surface area contributed by atoms with E-state index in [-0.39, 0.29) is 0 Å². The van der Waals surface area contributed by atoms with Gasteiger partial charge in [-0.15, -0.1) is 6.58 Å². The fourth-order valence-electron chi connectivity index (χ4n) is 2.74. The van der Waals surface area contributed by atoms with Gasteiger partial charge < -0.3 is 0 Å². The van der Waals surface area contributed by atoms with E-state index in [1.165, 1.54) is 37.7 Å². The summed E-state index contributed by atoms with van der Waals surface area (Å²) in [6.45, 7) is 15.3. The Morgan fingerprint density at radius 3 is 2.25 bits per heavy atom. The summed E-state index contributed by atoms with van der Waals surface area (Å²) in [7, 11) is 0. The first-order valence-corrected chi connectivity index (χ1v) is 8.48. The van der Waals surface area contributed by atoms with Crippen LogP contribution in [-0.2, 0) is 0 Å². The van der Waals surface area contributed by atoms with Crippen LogP contribution in [0.3, 0.4) is 0 Å². The normalized spacial score (nSPS) is 16.1. The first kappa shape index (κ1) is 19.2. The van der Waals surface area contributed by atoms with Crippen LogP contribution in [0, 0.1) is 11.8 Å². The first-order chi connectivity index (χ1) is 9.53. The standard InChI is InChI=1S/C20H36/c1-7-10-12-17(4)14-19(6)16-20(9-3)15-18(5)13-11-8-2/h7,14-15,19-20H,1,8-13,16H2,2-6H3. The summed E-state index contributed by atoms with van der Waals surface area (Å²) < 4.78 is 0. The molecule has 0 aromatic rings. The maximum absolute atomic E-state index is 3.80. The lowest BCUT2D eigenvalue weighted by molar-refractivity contribution is 0.491. The summed E-state index contributed by atoms with van der Waals surface area (Å²) in [5, 5.41) is 0. The summed E-state index contributed by atoms with van der Waals surface area (Å²) in [6, 6.07) is 0. The molecule has 2 atom stereocenters. The SMILES string of the molecule is C=CCCC(C)=CC(C)CC(C=C(C)CCCC)CC. The third kappa shape index (κ3) is 10.1. The zero-order valence-corrected chi connectivity index (χ0v) is 14.5. The van der Waals surface area contributed by atoms with Gasteiger partial charge in [-0.1, -0.05) is 56.6 Å². The second-order valence-corrected chi connectivity index (χ2v) is 6.34. The quantitative estimate of drug-likeness (QED) is 0.353. The van der Waals surface area contributed by atoms with Crippen LogP contribution in [0.2, 0.25) is 0 Å². The lowest BCUT2D eigenvalue weighted by Crippen LogP contribution is -2.03. The molecule has 0 heterocycles. The molecule has 0 aliphatic heterocycles. The van der Waals surface area contributed by atoms with Gasteiger partial charge in [0.1, 0.15) is 0 Å². The molecular formula is C20H36. The molecule has 0 N–H and O–H groups in total. The van der Waals surface area contributed by atoms with Crippen molar-refractivity contribution in [3.63, 3.8) is 0 Å². The molecule has 0 spiro atoms. The lowest BCUT2D eigenvalue weighted by atomic mass is 9.90. The molecule has 2 unspecified atom stereocenters. The van der Waals surface area contributed by atoms with E-state index in [1.807, 2.05) is 6.08 Å². The molecule has 0 heteroatoms. The van der Waals surface area contributed by atoms with Gasteiger partial charge in [0.25, 0.3) is 0 Å². The molecule has 0 rings (SSSR count). The molecule has 20 heavy (non-hydrogen) atoms.